The third-order valence-corrected chi connectivity index (χ3v) is 4.49. The molecule has 1 aromatic heterocycles. The van der Waals surface area contributed by atoms with E-state index in [1.165, 1.54) is 28.9 Å². The van der Waals surface area contributed by atoms with E-state index in [1.807, 2.05) is 13.0 Å². The van der Waals surface area contributed by atoms with Crippen molar-refractivity contribution in [1.82, 2.24) is 9.78 Å². The summed E-state index contributed by atoms with van der Waals surface area (Å²) in [5.41, 5.74) is 2.75. The molecular weight excluding hydrogens is 364 g/mol. The lowest BCUT2D eigenvalue weighted by atomic mass is 10.2. The van der Waals surface area contributed by atoms with Crippen LogP contribution >= 0.6 is 23.2 Å². The van der Waals surface area contributed by atoms with Gasteiger partial charge in [0.05, 0.1) is 11.4 Å². The van der Waals surface area contributed by atoms with E-state index in [0.29, 0.717) is 22.1 Å². The van der Waals surface area contributed by atoms with E-state index in [1.54, 1.807) is 19.1 Å². The van der Waals surface area contributed by atoms with E-state index in [-0.39, 0.29) is 16.5 Å². The zero-order chi connectivity index (χ0) is 18.1. The number of carbonyl (C=O) groups is 1. The Labute approximate surface area is 154 Å². The first-order valence-electron chi connectivity index (χ1n) is 7.45. The zero-order valence-electron chi connectivity index (χ0n) is 13.5. The molecule has 1 N–H and O–H groups in total. The maximum Gasteiger partial charge on any atom is 0.260 e. The van der Waals surface area contributed by atoms with E-state index >= 15 is 0 Å². The van der Waals surface area contributed by atoms with Crippen LogP contribution in [0.4, 0.5) is 10.1 Å². The third-order valence-electron chi connectivity index (χ3n) is 3.73. The van der Waals surface area contributed by atoms with Crippen molar-refractivity contribution < 1.29 is 9.18 Å². The molecular formula is C18H14Cl2FN3O. The number of carbonyl (C=O) groups excluding carboxylic acids is 1. The highest BCUT2D eigenvalue weighted by molar-refractivity contribution is 6.34. The van der Waals surface area contributed by atoms with Gasteiger partial charge in [0.15, 0.2) is 0 Å². The fourth-order valence-corrected chi connectivity index (χ4v) is 2.91. The molecule has 0 saturated heterocycles. The van der Waals surface area contributed by atoms with Crippen molar-refractivity contribution in [3.63, 3.8) is 0 Å². The van der Waals surface area contributed by atoms with Crippen molar-refractivity contribution in [2.24, 2.45) is 0 Å². The molecule has 0 aliphatic heterocycles. The van der Waals surface area contributed by atoms with Gasteiger partial charge in [0.1, 0.15) is 16.5 Å². The highest BCUT2D eigenvalue weighted by Gasteiger charge is 2.21. The van der Waals surface area contributed by atoms with Crippen LogP contribution in [0.2, 0.25) is 10.2 Å². The zero-order valence-corrected chi connectivity index (χ0v) is 15.0. The van der Waals surface area contributed by atoms with Gasteiger partial charge in [0.25, 0.3) is 5.91 Å². The van der Waals surface area contributed by atoms with Gasteiger partial charge in [0, 0.05) is 10.7 Å². The number of hydrogen-bond donors (Lipinski definition) is 1. The number of rotatable bonds is 3. The van der Waals surface area contributed by atoms with Crippen LogP contribution in [0.15, 0.2) is 42.5 Å². The molecule has 0 atom stereocenters. The molecule has 0 radical (unpaired) electrons. The van der Waals surface area contributed by atoms with E-state index in [4.69, 9.17) is 23.2 Å². The summed E-state index contributed by atoms with van der Waals surface area (Å²) in [5, 5.41) is 7.75. The third kappa shape index (κ3) is 3.52. The Morgan fingerprint density at radius 3 is 2.44 bits per heavy atom. The molecule has 0 unspecified atom stereocenters. The van der Waals surface area contributed by atoms with Crippen LogP contribution in [0.25, 0.3) is 5.69 Å². The second kappa shape index (κ2) is 6.86. The fraction of sp³-hybridized carbons (Fsp3) is 0.111. The first kappa shape index (κ1) is 17.5. The van der Waals surface area contributed by atoms with Crippen LogP contribution in [-0.2, 0) is 0 Å². The molecule has 128 valence electrons. The van der Waals surface area contributed by atoms with E-state index in [2.05, 4.69) is 10.4 Å². The van der Waals surface area contributed by atoms with Gasteiger partial charge in [-0.15, -0.1) is 0 Å². The molecule has 7 heteroatoms. The SMILES string of the molecule is Cc1ccc(NC(=O)c2c(C)nn(-c3ccc(F)cc3)c2Cl)cc1Cl. The number of hydrogen-bond acceptors (Lipinski definition) is 2. The van der Waals surface area contributed by atoms with Crippen molar-refractivity contribution in [3.05, 3.63) is 75.3 Å². The van der Waals surface area contributed by atoms with Crippen LogP contribution in [0, 0.1) is 19.7 Å². The number of aromatic nitrogens is 2. The summed E-state index contributed by atoms with van der Waals surface area (Å²) >= 11 is 12.4. The number of nitrogens with zero attached hydrogens (tertiary/aromatic N) is 2. The van der Waals surface area contributed by atoms with E-state index in [9.17, 15) is 9.18 Å². The Hall–Kier alpha value is -2.37. The predicted octanol–water partition coefficient (Wildman–Crippen LogP) is 5.19. The quantitative estimate of drug-likeness (QED) is 0.682. The molecule has 2 aromatic carbocycles. The molecule has 0 aliphatic rings. The van der Waals surface area contributed by atoms with E-state index in [0.717, 1.165) is 5.56 Å². The second-order valence-electron chi connectivity index (χ2n) is 5.56. The Kier molecular flexibility index (Phi) is 4.79. The Morgan fingerprint density at radius 2 is 1.80 bits per heavy atom. The summed E-state index contributed by atoms with van der Waals surface area (Å²) in [4.78, 5) is 12.6. The summed E-state index contributed by atoms with van der Waals surface area (Å²) < 4.78 is 14.5. The van der Waals surface area contributed by atoms with Gasteiger partial charge in [-0.2, -0.15) is 5.10 Å². The average Bonchev–Trinajstić information content (AvgIpc) is 2.86. The summed E-state index contributed by atoms with van der Waals surface area (Å²) in [5.74, 6) is -0.756. The summed E-state index contributed by atoms with van der Waals surface area (Å²) in [6.45, 7) is 3.56. The Morgan fingerprint density at radius 1 is 1.12 bits per heavy atom. The second-order valence-corrected chi connectivity index (χ2v) is 6.32. The van der Waals surface area contributed by atoms with Gasteiger partial charge in [-0.25, -0.2) is 9.07 Å². The molecule has 0 fully saturated rings. The lowest BCUT2D eigenvalue weighted by Gasteiger charge is -2.07. The Bertz CT molecular complexity index is 952. The number of halogens is 3. The van der Waals surface area contributed by atoms with Crippen molar-refractivity contribution in [2.45, 2.75) is 13.8 Å². The van der Waals surface area contributed by atoms with Crippen molar-refractivity contribution in [1.29, 1.82) is 0 Å². The minimum absolute atomic E-state index is 0.153. The smallest absolute Gasteiger partial charge is 0.260 e. The fourth-order valence-electron chi connectivity index (χ4n) is 2.37. The molecule has 0 bridgehead atoms. The van der Waals surface area contributed by atoms with Gasteiger partial charge >= 0.3 is 0 Å². The van der Waals surface area contributed by atoms with Gasteiger partial charge in [-0.3, -0.25) is 4.79 Å². The number of amides is 1. The highest BCUT2D eigenvalue weighted by atomic mass is 35.5. The molecule has 3 aromatic rings. The number of anilines is 1. The number of aryl methyl sites for hydroxylation is 2. The first-order chi connectivity index (χ1) is 11.9. The Balaban J connectivity index is 1.93. The predicted molar refractivity (Wildman–Crippen MR) is 97.4 cm³/mol. The maximum absolute atomic E-state index is 13.1. The first-order valence-corrected chi connectivity index (χ1v) is 8.21. The van der Waals surface area contributed by atoms with Crippen LogP contribution < -0.4 is 5.32 Å². The molecule has 0 aliphatic carbocycles. The summed E-state index contributed by atoms with van der Waals surface area (Å²) in [6.07, 6.45) is 0. The summed E-state index contributed by atoms with van der Waals surface area (Å²) in [7, 11) is 0. The van der Waals surface area contributed by atoms with Gasteiger partial charge in [-0.05, 0) is 55.8 Å². The monoisotopic (exact) mass is 377 g/mol. The van der Waals surface area contributed by atoms with Crippen LogP contribution in [0.1, 0.15) is 21.6 Å². The molecule has 0 saturated carbocycles. The van der Waals surface area contributed by atoms with E-state index < -0.39 is 5.91 Å². The summed E-state index contributed by atoms with van der Waals surface area (Å²) in [6, 6.07) is 10.9. The lowest BCUT2D eigenvalue weighted by molar-refractivity contribution is 0.102. The van der Waals surface area contributed by atoms with Gasteiger partial charge in [-0.1, -0.05) is 29.3 Å². The normalized spacial score (nSPS) is 10.8. The molecule has 3 rings (SSSR count). The molecule has 0 spiro atoms. The maximum atomic E-state index is 13.1. The standard InChI is InChI=1S/C18H14Cl2FN3O/c1-10-3-6-13(9-15(10)19)22-18(25)16-11(2)23-24(17(16)20)14-7-4-12(21)5-8-14/h3-9H,1-2H3,(H,22,25). The van der Waals surface area contributed by atoms with Gasteiger partial charge in [0.2, 0.25) is 0 Å². The average molecular weight is 378 g/mol. The molecule has 4 nitrogen and oxygen atoms in total. The topological polar surface area (TPSA) is 46.9 Å². The van der Waals surface area contributed by atoms with Crippen LogP contribution in [0.3, 0.4) is 0 Å². The number of nitrogens with one attached hydrogen (secondary N) is 1. The van der Waals surface area contributed by atoms with Crippen LogP contribution in [-0.4, -0.2) is 15.7 Å². The van der Waals surface area contributed by atoms with Gasteiger partial charge < -0.3 is 5.32 Å². The van der Waals surface area contributed by atoms with Crippen molar-refractivity contribution in [2.75, 3.05) is 5.32 Å². The van der Waals surface area contributed by atoms with Crippen LogP contribution in [0.5, 0.6) is 0 Å². The molecule has 1 amide bonds. The number of benzene rings is 2. The van der Waals surface area contributed by atoms with Crippen molar-refractivity contribution >= 4 is 34.8 Å². The molecule has 1 heterocycles. The van der Waals surface area contributed by atoms with Crippen molar-refractivity contribution in [3.8, 4) is 5.69 Å². The molecule has 25 heavy (non-hydrogen) atoms. The highest BCUT2D eigenvalue weighted by Crippen LogP contribution is 2.26. The lowest BCUT2D eigenvalue weighted by Crippen LogP contribution is -2.13. The minimum Gasteiger partial charge on any atom is -0.322 e. The minimum atomic E-state index is -0.393. The largest absolute Gasteiger partial charge is 0.322 e.